The van der Waals surface area contributed by atoms with Gasteiger partial charge in [-0.15, -0.1) is 0 Å². The second-order valence-electron chi connectivity index (χ2n) is 6.48. The first-order chi connectivity index (χ1) is 15.3. The first-order valence-electron chi connectivity index (χ1n) is 9.58. The zero-order valence-electron chi connectivity index (χ0n) is 17.4. The van der Waals surface area contributed by atoms with E-state index in [9.17, 15) is 8.42 Å². The lowest BCUT2D eigenvalue weighted by Gasteiger charge is -2.17. The molecular weight excluding hydrogens is 470 g/mol. The molecule has 0 heterocycles. The van der Waals surface area contributed by atoms with Gasteiger partial charge in [-0.25, -0.2) is 8.42 Å². The molecule has 0 bridgehead atoms. The summed E-state index contributed by atoms with van der Waals surface area (Å²) in [6, 6.07) is 18.4. The van der Waals surface area contributed by atoms with Crippen molar-refractivity contribution >= 4 is 56.0 Å². The Morgan fingerprint density at radius 2 is 1.66 bits per heavy atom. The number of para-hydroxylation sites is 1. The fraction of sp³-hybridized carbons (Fsp3) is 0.136. The first kappa shape index (κ1) is 23.6. The van der Waals surface area contributed by atoms with Crippen LogP contribution < -0.4 is 24.8 Å². The third-order valence-electron chi connectivity index (χ3n) is 4.27. The summed E-state index contributed by atoms with van der Waals surface area (Å²) in [7, 11) is -2.55. The van der Waals surface area contributed by atoms with Crippen LogP contribution in [0.4, 0.5) is 17.1 Å². The molecule has 0 spiro atoms. The van der Waals surface area contributed by atoms with Gasteiger partial charge in [-0.2, -0.15) is 0 Å². The largest absolute Gasteiger partial charge is 0.497 e. The van der Waals surface area contributed by atoms with Crippen molar-refractivity contribution in [2.45, 2.75) is 11.8 Å². The van der Waals surface area contributed by atoms with Crippen molar-refractivity contribution in [3.05, 3.63) is 71.8 Å². The van der Waals surface area contributed by atoms with Crippen LogP contribution >= 0.6 is 23.8 Å². The van der Waals surface area contributed by atoms with Gasteiger partial charge in [0, 0.05) is 11.8 Å². The van der Waals surface area contributed by atoms with Crippen molar-refractivity contribution in [3.8, 4) is 11.5 Å². The highest BCUT2D eigenvalue weighted by Gasteiger charge is 2.21. The SMILES string of the molecule is CCOc1ccc(NC(=S)Nc2ccc(OC)cc2S(=O)(=O)Nc2ccccc2Cl)cc1. The minimum absolute atomic E-state index is 0.0485. The molecule has 3 N–H and O–H groups in total. The number of anilines is 3. The highest BCUT2D eigenvalue weighted by Crippen LogP contribution is 2.30. The molecule has 0 amide bonds. The van der Waals surface area contributed by atoms with Gasteiger partial charge in [0.1, 0.15) is 16.4 Å². The third kappa shape index (κ3) is 6.03. The molecule has 32 heavy (non-hydrogen) atoms. The van der Waals surface area contributed by atoms with Crippen LogP contribution in [-0.4, -0.2) is 27.2 Å². The fourth-order valence-electron chi connectivity index (χ4n) is 2.78. The number of hydrogen-bond donors (Lipinski definition) is 3. The standard InChI is InChI=1S/C22H22ClN3O4S2/c1-3-30-16-10-8-15(9-11-16)24-22(31)25-20-13-12-17(29-2)14-21(20)32(27,28)26-19-7-5-4-6-18(19)23/h4-14,26H,3H2,1-2H3,(H2,24,25,31). The predicted molar refractivity (Wildman–Crippen MR) is 133 cm³/mol. The molecule has 3 aromatic rings. The summed E-state index contributed by atoms with van der Waals surface area (Å²) in [6.07, 6.45) is 0. The van der Waals surface area contributed by atoms with E-state index in [1.807, 2.05) is 31.2 Å². The minimum atomic E-state index is -4.01. The van der Waals surface area contributed by atoms with Crippen LogP contribution in [0.15, 0.2) is 71.6 Å². The fourth-order valence-corrected chi connectivity index (χ4v) is 4.51. The summed E-state index contributed by atoms with van der Waals surface area (Å²) in [4.78, 5) is -0.0485. The second kappa shape index (κ2) is 10.5. The Kier molecular flexibility index (Phi) is 7.79. The molecule has 0 saturated carbocycles. The Hall–Kier alpha value is -3.01. The van der Waals surface area contributed by atoms with Gasteiger partial charge < -0.3 is 20.1 Å². The molecule has 0 aromatic heterocycles. The summed E-state index contributed by atoms with van der Waals surface area (Å²) in [5.41, 5.74) is 1.25. The van der Waals surface area contributed by atoms with Crippen LogP contribution in [0.1, 0.15) is 6.92 Å². The van der Waals surface area contributed by atoms with E-state index >= 15 is 0 Å². The Bertz CT molecular complexity index is 1200. The maximum atomic E-state index is 13.1. The van der Waals surface area contributed by atoms with E-state index in [1.165, 1.54) is 13.2 Å². The lowest BCUT2D eigenvalue weighted by molar-refractivity contribution is 0.340. The van der Waals surface area contributed by atoms with E-state index in [4.69, 9.17) is 33.3 Å². The number of methoxy groups -OCH3 is 1. The number of nitrogens with one attached hydrogen (secondary N) is 3. The smallest absolute Gasteiger partial charge is 0.264 e. The van der Waals surface area contributed by atoms with E-state index in [0.717, 1.165) is 11.4 Å². The van der Waals surface area contributed by atoms with Crippen molar-refractivity contribution < 1.29 is 17.9 Å². The zero-order valence-corrected chi connectivity index (χ0v) is 19.8. The van der Waals surface area contributed by atoms with Crippen molar-refractivity contribution in [3.63, 3.8) is 0 Å². The Morgan fingerprint density at radius 1 is 0.969 bits per heavy atom. The van der Waals surface area contributed by atoms with Crippen molar-refractivity contribution in [1.29, 1.82) is 0 Å². The molecule has 0 fully saturated rings. The molecule has 0 aliphatic heterocycles. The van der Waals surface area contributed by atoms with E-state index in [2.05, 4.69) is 15.4 Å². The van der Waals surface area contributed by atoms with Gasteiger partial charge in [-0.3, -0.25) is 4.72 Å². The molecule has 168 valence electrons. The monoisotopic (exact) mass is 491 g/mol. The van der Waals surface area contributed by atoms with Crippen LogP contribution in [0, 0.1) is 0 Å². The van der Waals surface area contributed by atoms with Crippen molar-refractivity contribution in [2.24, 2.45) is 0 Å². The maximum absolute atomic E-state index is 13.1. The predicted octanol–water partition coefficient (Wildman–Crippen LogP) is 5.36. The highest BCUT2D eigenvalue weighted by molar-refractivity contribution is 7.93. The lowest BCUT2D eigenvalue weighted by atomic mass is 10.3. The van der Waals surface area contributed by atoms with Gasteiger partial charge in [-0.05, 0) is 67.7 Å². The molecular formula is C22H22ClN3O4S2. The third-order valence-corrected chi connectivity index (χ3v) is 6.21. The van der Waals surface area contributed by atoms with Gasteiger partial charge in [0.15, 0.2) is 5.11 Å². The van der Waals surface area contributed by atoms with Gasteiger partial charge in [0.2, 0.25) is 0 Å². The summed E-state index contributed by atoms with van der Waals surface area (Å²) in [6.45, 7) is 2.48. The molecule has 0 saturated heterocycles. The van der Waals surface area contributed by atoms with Crippen LogP contribution in [0.3, 0.4) is 0 Å². The average Bonchev–Trinajstić information content (AvgIpc) is 2.77. The summed E-state index contributed by atoms with van der Waals surface area (Å²) in [5, 5.41) is 6.46. The normalized spacial score (nSPS) is 10.8. The molecule has 0 radical (unpaired) electrons. The van der Waals surface area contributed by atoms with E-state index in [1.54, 1.807) is 36.4 Å². The Morgan fingerprint density at radius 3 is 2.31 bits per heavy atom. The molecule has 0 atom stereocenters. The number of halogens is 1. The summed E-state index contributed by atoms with van der Waals surface area (Å²) < 4.78 is 39.4. The molecule has 0 aliphatic rings. The van der Waals surface area contributed by atoms with E-state index < -0.39 is 10.0 Å². The summed E-state index contributed by atoms with van der Waals surface area (Å²) in [5.74, 6) is 1.12. The van der Waals surface area contributed by atoms with Gasteiger partial charge in [0.25, 0.3) is 10.0 Å². The van der Waals surface area contributed by atoms with Crippen LogP contribution in [0.2, 0.25) is 5.02 Å². The minimum Gasteiger partial charge on any atom is -0.497 e. The van der Waals surface area contributed by atoms with Crippen LogP contribution in [-0.2, 0) is 10.0 Å². The molecule has 0 aliphatic carbocycles. The van der Waals surface area contributed by atoms with Crippen molar-refractivity contribution in [1.82, 2.24) is 0 Å². The van der Waals surface area contributed by atoms with E-state index in [0.29, 0.717) is 12.4 Å². The van der Waals surface area contributed by atoms with E-state index in [-0.39, 0.29) is 26.4 Å². The van der Waals surface area contributed by atoms with Crippen LogP contribution in [0.5, 0.6) is 11.5 Å². The number of benzene rings is 3. The quantitative estimate of drug-likeness (QED) is 0.366. The molecule has 7 nitrogen and oxygen atoms in total. The summed E-state index contributed by atoms with van der Waals surface area (Å²) >= 11 is 11.5. The van der Waals surface area contributed by atoms with Crippen molar-refractivity contribution in [2.75, 3.05) is 29.1 Å². The molecule has 3 rings (SSSR count). The first-order valence-corrected chi connectivity index (χ1v) is 11.9. The average molecular weight is 492 g/mol. The number of ether oxygens (including phenoxy) is 2. The maximum Gasteiger partial charge on any atom is 0.264 e. The van der Waals surface area contributed by atoms with Gasteiger partial charge in [0.05, 0.1) is 30.1 Å². The Labute approximate surface area is 197 Å². The topological polar surface area (TPSA) is 88.7 Å². The number of hydrogen-bond acceptors (Lipinski definition) is 5. The Balaban J connectivity index is 1.83. The zero-order chi connectivity index (χ0) is 23.1. The number of rotatable bonds is 8. The molecule has 3 aromatic carbocycles. The lowest BCUT2D eigenvalue weighted by Crippen LogP contribution is -2.22. The number of sulfonamides is 1. The highest BCUT2D eigenvalue weighted by atomic mass is 35.5. The second-order valence-corrected chi connectivity index (χ2v) is 8.95. The molecule has 10 heteroatoms. The number of thiocarbonyl (C=S) groups is 1. The van der Waals surface area contributed by atoms with Crippen LogP contribution in [0.25, 0.3) is 0 Å². The van der Waals surface area contributed by atoms with Gasteiger partial charge >= 0.3 is 0 Å². The van der Waals surface area contributed by atoms with Gasteiger partial charge in [-0.1, -0.05) is 23.7 Å². The molecule has 0 unspecified atom stereocenters.